The maximum atomic E-state index is 7.43. The molecule has 1 aliphatic carbocycles. The van der Waals surface area contributed by atoms with Crippen molar-refractivity contribution in [1.29, 1.82) is 0 Å². The van der Waals surface area contributed by atoms with E-state index in [-0.39, 0.29) is 28.5 Å². The number of benzene rings is 12. The van der Waals surface area contributed by atoms with Crippen LogP contribution in [0.4, 0.5) is 45.5 Å². The van der Waals surface area contributed by atoms with Crippen LogP contribution < -0.4 is 25.5 Å². The maximum absolute atomic E-state index is 7.43. The van der Waals surface area contributed by atoms with Crippen LogP contribution in [0.5, 0.6) is 0 Å². The van der Waals surface area contributed by atoms with Crippen LogP contribution in [0, 0.1) is 0 Å². The van der Waals surface area contributed by atoms with Crippen LogP contribution in [0.25, 0.3) is 87.0 Å². The van der Waals surface area contributed by atoms with Gasteiger partial charge in [-0.3, -0.25) is 0 Å². The third-order valence-corrected chi connectivity index (χ3v) is 22.9. The largest absolute Gasteiger partial charge is 0.455 e. The van der Waals surface area contributed by atoms with Gasteiger partial charge in [-0.05, 0) is 179 Å². The van der Waals surface area contributed by atoms with E-state index in [4.69, 9.17) is 4.42 Å². The van der Waals surface area contributed by atoms with Crippen molar-refractivity contribution in [2.45, 2.75) is 124 Å². The van der Waals surface area contributed by atoms with Gasteiger partial charge in [0, 0.05) is 88.0 Å². The zero-order valence-corrected chi connectivity index (χ0v) is 60.3. The summed E-state index contributed by atoms with van der Waals surface area (Å²) in [5, 5.41) is 4.68. The van der Waals surface area contributed by atoms with Crippen LogP contribution in [0.3, 0.4) is 0 Å². The van der Waals surface area contributed by atoms with Crippen molar-refractivity contribution in [1.82, 2.24) is 0 Å². The van der Waals surface area contributed by atoms with Gasteiger partial charge in [-0.25, -0.2) is 0 Å². The van der Waals surface area contributed by atoms with Crippen molar-refractivity contribution in [2.75, 3.05) is 14.6 Å². The van der Waals surface area contributed by atoms with Gasteiger partial charge in [0.15, 0.2) is 0 Å². The van der Waals surface area contributed by atoms with E-state index in [1.54, 1.807) is 0 Å². The molecule has 0 N–H and O–H groups in total. The second-order valence-electron chi connectivity index (χ2n) is 32.6. The van der Waals surface area contributed by atoms with Crippen LogP contribution >= 0.6 is 11.3 Å². The van der Waals surface area contributed by atoms with E-state index in [9.17, 15) is 0 Å². The highest BCUT2D eigenvalue weighted by Crippen LogP contribution is 2.59. The fraction of sp³-hybridized carbons (Fsp3) is 0.204. The van der Waals surface area contributed by atoms with E-state index in [0.29, 0.717) is 0 Å². The summed E-state index contributed by atoms with van der Waals surface area (Å²) in [6, 6.07) is 97.2. The highest BCUT2D eigenvalue weighted by atomic mass is 32.1. The Kier molecular flexibility index (Phi) is 14.1. The van der Waals surface area contributed by atoms with Gasteiger partial charge >= 0.3 is 6.85 Å². The molecular formula is C93H84BN3OS. The van der Waals surface area contributed by atoms with Crippen molar-refractivity contribution in [2.24, 2.45) is 0 Å². The lowest BCUT2D eigenvalue weighted by Crippen LogP contribution is -2.61. The SMILES string of the molecule is CC(C)(C)c1ccc(N2B3c4cc5c(-c6ccccc6)oc(-c6ccccc6)c5cc4N(c4ccc(C(C)(C)C)cc4-c4ccccc4)c4c3c(cc3c4sc4ccccc43)-c3cc4c(cc32)C(C)(C)c2cc(N(c3ccc(C(C)(C)C)cc3)c3ccc(C(C)(C)C)cc3)ccc2-4)cc1. The minimum Gasteiger partial charge on any atom is -0.455 e. The second-order valence-corrected chi connectivity index (χ2v) is 33.6. The van der Waals surface area contributed by atoms with Gasteiger partial charge in [0.1, 0.15) is 11.5 Å². The Morgan fingerprint density at radius 2 is 0.879 bits per heavy atom. The molecule has 0 bridgehead atoms. The van der Waals surface area contributed by atoms with Gasteiger partial charge in [-0.1, -0.05) is 261 Å². The fourth-order valence-corrected chi connectivity index (χ4v) is 17.4. The van der Waals surface area contributed by atoms with Gasteiger partial charge < -0.3 is 19.0 Å². The predicted octanol–water partition coefficient (Wildman–Crippen LogP) is 25.5. The monoisotopic (exact) mass is 1300 g/mol. The van der Waals surface area contributed by atoms with E-state index < -0.39 is 5.41 Å². The van der Waals surface area contributed by atoms with Crippen molar-refractivity contribution < 1.29 is 4.42 Å². The summed E-state index contributed by atoms with van der Waals surface area (Å²) in [5.74, 6) is 1.72. The normalized spacial score (nSPS) is 14.0. The number of rotatable bonds is 8. The summed E-state index contributed by atoms with van der Waals surface area (Å²) in [6.07, 6.45) is 0. The number of fused-ring (bicyclic) bond motifs is 12. The standard InChI is InChI=1S/C93H84BN3OS/c1-89(2,3)60-34-41-64(42-35-60)95(65-43-36-61(37-44-65)90(4,5)6)67-47-48-68-71-52-72-73-53-76-69-32-24-25-33-83(69)99-88(76)85-84(73)94(97(66-45-38-62(39-46-66)91(7,8)9)81(72)56-78(71)93(13,14)77(68)51-67)79-54-74-75(87(59-30-22-17-23-31-59)98-86(74)58-28-20-16-21-29-58)55-82(79)96(85)80-49-40-63(92(10,11)12)50-70(80)57-26-18-15-19-27-57/h15-56H,1-14H3. The van der Waals surface area contributed by atoms with E-state index in [1.165, 1.54) is 109 Å². The molecule has 2 aliphatic heterocycles. The topological polar surface area (TPSA) is 22.9 Å². The number of nitrogens with zero attached hydrogens (tertiary/aromatic N) is 3. The van der Waals surface area contributed by atoms with Gasteiger partial charge in [0.05, 0.1) is 16.1 Å². The number of hydrogen-bond donors (Lipinski definition) is 0. The molecule has 12 aromatic carbocycles. The fourth-order valence-electron chi connectivity index (χ4n) is 16.2. The van der Waals surface area contributed by atoms with Crippen LogP contribution in [-0.4, -0.2) is 6.85 Å². The molecule has 17 rings (SSSR count). The van der Waals surface area contributed by atoms with E-state index >= 15 is 0 Å². The molecule has 0 radical (unpaired) electrons. The first kappa shape index (κ1) is 62.4. The molecule has 0 fully saturated rings. The summed E-state index contributed by atoms with van der Waals surface area (Å²) in [7, 11) is 0. The summed E-state index contributed by atoms with van der Waals surface area (Å²) in [4.78, 5) is 7.90. The summed E-state index contributed by atoms with van der Waals surface area (Å²) >= 11 is 1.92. The molecule has 2 aromatic heterocycles. The molecule has 0 saturated carbocycles. The maximum Gasteiger partial charge on any atom is 0.333 e. The van der Waals surface area contributed by atoms with Crippen molar-refractivity contribution in [3.05, 3.63) is 288 Å². The Bertz CT molecular complexity index is 5480. The quantitative estimate of drug-likeness (QED) is 0.141. The highest BCUT2D eigenvalue weighted by molar-refractivity contribution is 7.26. The molecule has 0 unspecified atom stereocenters. The Balaban J connectivity index is 0.980. The van der Waals surface area contributed by atoms with Crippen molar-refractivity contribution >= 4 is 106 Å². The van der Waals surface area contributed by atoms with E-state index in [1.807, 2.05) is 11.3 Å². The number of furan rings is 1. The van der Waals surface area contributed by atoms with Gasteiger partial charge in [-0.15, -0.1) is 11.3 Å². The number of thiophene rings is 1. The van der Waals surface area contributed by atoms with Crippen molar-refractivity contribution in [3.63, 3.8) is 0 Å². The minimum atomic E-state index is -0.399. The zero-order chi connectivity index (χ0) is 68.4. The minimum absolute atomic E-state index is 0.0207. The third kappa shape index (κ3) is 10.1. The molecule has 4 nitrogen and oxygen atoms in total. The molecule has 4 heterocycles. The molecule has 99 heavy (non-hydrogen) atoms. The zero-order valence-electron chi connectivity index (χ0n) is 59.5. The van der Waals surface area contributed by atoms with Gasteiger partial charge in [-0.2, -0.15) is 0 Å². The smallest absolute Gasteiger partial charge is 0.333 e. The van der Waals surface area contributed by atoms with Crippen LogP contribution in [0.15, 0.2) is 259 Å². The van der Waals surface area contributed by atoms with E-state index in [2.05, 4.69) is 366 Å². The average molecular weight is 1300 g/mol. The van der Waals surface area contributed by atoms with Crippen molar-refractivity contribution in [3.8, 4) is 56.0 Å². The Hall–Kier alpha value is -10.1. The van der Waals surface area contributed by atoms with E-state index in [0.717, 1.165) is 67.5 Å². The first-order valence-electron chi connectivity index (χ1n) is 35.3. The summed E-state index contributed by atoms with van der Waals surface area (Å²) in [5.41, 5.74) is 28.5. The Labute approximate surface area is 589 Å². The molecule has 3 aliphatic rings. The molecule has 0 spiro atoms. The average Bonchev–Trinajstić information content (AvgIpc) is 1.66. The molecular weight excluding hydrogens is 1220 g/mol. The molecule has 0 amide bonds. The third-order valence-electron chi connectivity index (χ3n) is 21.7. The van der Waals surface area contributed by atoms with Crippen LogP contribution in [0.1, 0.15) is 130 Å². The Morgan fingerprint density at radius 1 is 0.374 bits per heavy atom. The summed E-state index contributed by atoms with van der Waals surface area (Å²) in [6.45, 7) is 32.4. The predicted molar refractivity (Wildman–Crippen MR) is 426 cm³/mol. The number of hydrogen-bond acceptors (Lipinski definition) is 5. The van der Waals surface area contributed by atoms with Gasteiger partial charge in [0.2, 0.25) is 0 Å². The second kappa shape index (κ2) is 22.4. The first-order valence-corrected chi connectivity index (χ1v) is 36.1. The lowest BCUT2D eigenvalue weighted by atomic mass is 9.43. The van der Waals surface area contributed by atoms with Crippen LogP contribution in [0.2, 0.25) is 0 Å². The summed E-state index contributed by atoms with van der Waals surface area (Å²) < 4.78 is 9.96. The molecule has 0 atom stereocenters. The molecule has 14 aromatic rings. The number of anilines is 8. The Morgan fingerprint density at radius 3 is 1.45 bits per heavy atom. The lowest BCUT2D eigenvalue weighted by molar-refractivity contribution is 0.590. The molecule has 486 valence electrons. The van der Waals surface area contributed by atoms with Crippen LogP contribution in [-0.2, 0) is 27.1 Å². The molecule has 0 saturated heterocycles. The first-order chi connectivity index (χ1) is 47.4. The lowest BCUT2D eigenvalue weighted by Gasteiger charge is -2.46. The molecule has 6 heteroatoms. The highest BCUT2D eigenvalue weighted by Gasteiger charge is 2.49. The van der Waals surface area contributed by atoms with Gasteiger partial charge in [0.25, 0.3) is 0 Å².